The molecular formula is C17H22N4O3. The van der Waals surface area contributed by atoms with Crippen LogP contribution in [-0.2, 0) is 14.3 Å². The monoisotopic (exact) mass is 330 g/mol. The lowest BCUT2D eigenvalue weighted by Gasteiger charge is -2.30. The van der Waals surface area contributed by atoms with Gasteiger partial charge in [-0.1, -0.05) is 0 Å². The van der Waals surface area contributed by atoms with E-state index >= 15 is 0 Å². The number of ether oxygens (including phenoxy) is 2. The average molecular weight is 330 g/mol. The molecule has 7 heteroatoms. The highest BCUT2D eigenvalue weighted by molar-refractivity contribution is 6.07. The van der Waals surface area contributed by atoms with Crippen molar-refractivity contribution >= 4 is 28.1 Å². The summed E-state index contributed by atoms with van der Waals surface area (Å²) in [5, 5.41) is 4.81. The van der Waals surface area contributed by atoms with Crippen molar-refractivity contribution in [1.82, 2.24) is 4.98 Å². The molecule has 0 saturated carbocycles. The molecule has 1 fully saturated rings. The van der Waals surface area contributed by atoms with Crippen molar-refractivity contribution in [2.45, 2.75) is 6.04 Å². The number of fused-ring (bicyclic) bond motifs is 1. The molecule has 128 valence electrons. The maximum absolute atomic E-state index is 12.2. The number of hydrogen-bond donors (Lipinski definition) is 2. The molecule has 0 radical (unpaired) electrons. The van der Waals surface area contributed by atoms with Gasteiger partial charge in [-0.3, -0.25) is 9.78 Å². The third-order valence-electron chi connectivity index (χ3n) is 4.09. The highest BCUT2D eigenvalue weighted by Crippen LogP contribution is 2.32. The zero-order chi connectivity index (χ0) is 16.9. The van der Waals surface area contributed by atoms with Gasteiger partial charge >= 0.3 is 0 Å². The lowest BCUT2D eigenvalue weighted by Crippen LogP contribution is -2.39. The molecule has 7 nitrogen and oxygen atoms in total. The molecule has 0 bridgehead atoms. The number of hydrogen-bond acceptors (Lipinski definition) is 6. The molecule has 2 heterocycles. The van der Waals surface area contributed by atoms with E-state index in [2.05, 4.69) is 15.2 Å². The van der Waals surface area contributed by atoms with Gasteiger partial charge in [0.2, 0.25) is 5.91 Å². The summed E-state index contributed by atoms with van der Waals surface area (Å²) in [6.45, 7) is 3.31. The minimum atomic E-state index is -0.708. The lowest BCUT2D eigenvalue weighted by molar-refractivity contribution is -0.118. The predicted octanol–water partition coefficient (Wildman–Crippen LogP) is 0.984. The summed E-state index contributed by atoms with van der Waals surface area (Å²) in [5.74, 6) is -0.277. The molecule has 3 N–H and O–H groups in total. The molecule has 0 spiro atoms. The highest BCUT2D eigenvalue weighted by Gasteiger charge is 2.18. The summed E-state index contributed by atoms with van der Waals surface area (Å²) in [6, 6.07) is 5.17. The van der Waals surface area contributed by atoms with Gasteiger partial charge < -0.3 is 25.4 Å². The van der Waals surface area contributed by atoms with Crippen molar-refractivity contribution in [3.63, 3.8) is 0 Å². The highest BCUT2D eigenvalue weighted by atomic mass is 16.5. The molecule has 1 aromatic heterocycles. The lowest BCUT2D eigenvalue weighted by atomic mass is 10.1. The normalized spacial score (nSPS) is 16.2. The largest absolute Gasteiger partial charge is 0.383 e. The van der Waals surface area contributed by atoms with Crippen LogP contribution in [0.15, 0.2) is 30.6 Å². The van der Waals surface area contributed by atoms with E-state index in [1.165, 1.54) is 7.11 Å². The number of nitrogens with zero attached hydrogens (tertiary/aromatic N) is 2. The van der Waals surface area contributed by atoms with E-state index in [0.29, 0.717) is 5.69 Å². The number of amides is 1. The number of aromatic nitrogens is 1. The van der Waals surface area contributed by atoms with Crippen LogP contribution in [0.4, 0.5) is 11.4 Å². The molecular weight excluding hydrogens is 308 g/mol. The molecule has 1 aromatic carbocycles. The molecule has 0 aliphatic carbocycles. The molecule has 1 unspecified atom stereocenters. The maximum atomic E-state index is 12.2. The first-order valence-corrected chi connectivity index (χ1v) is 7.95. The Kier molecular flexibility index (Phi) is 5.24. The minimum Gasteiger partial charge on any atom is -0.383 e. The van der Waals surface area contributed by atoms with Crippen LogP contribution in [0.25, 0.3) is 10.8 Å². The topological polar surface area (TPSA) is 89.7 Å². The van der Waals surface area contributed by atoms with Gasteiger partial charge in [-0.25, -0.2) is 0 Å². The van der Waals surface area contributed by atoms with Crippen molar-refractivity contribution < 1.29 is 14.3 Å². The summed E-state index contributed by atoms with van der Waals surface area (Å²) < 4.78 is 10.4. The molecule has 1 atom stereocenters. The van der Waals surface area contributed by atoms with Crippen LogP contribution in [0.2, 0.25) is 0 Å². The van der Waals surface area contributed by atoms with Gasteiger partial charge in [0, 0.05) is 49.1 Å². The molecule has 24 heavy (non-hydrogen) atoms. The van der Waals surface area contributed by atoms with Crippen molar-refractivity contribution in [2.24, 2.45) is 5.73 Å². The number of carbonyl (C=O) groups is 1. The van der Waals surface area contributed by atoms with Crippen LogP contribution < -0.4 is 16.0 Å². The Hall–Kier alpha value is -2.22. The van der Waals surface area contributed by atoms with Gasteiger partial charge in [-0.15, -0.1) is 0 Å². The zero-order valence-corrected chi connectivity index (χ0v) is 13.7. The number of benzene rings is 1. The van der Waals surface area contributed by atoms with E-state index < -0.39 is 6.04 Å². The number of nitrogens with one attached hydrogen (secondary N) is 1. The van der Waals surface area contributed by atoms with E-state index in [1.807, 2.05) is 18.2 Å². The first-order valence-electron chi connectivity index (χ1n) is 7.95. The van der Waals surface area contributed by atoms with E-state index in [9.17, 15) is 4.79 Å². The first kappa shape index (κ1) is 16.6. The van der Waals surface area contributed by atoms with Gasteiger partial charge in [-0.2, -0.15) is 0 Å². The van der Waals surface area contributed by atoms with Crippen LogP contribution >= 0.6 is 0 Å². The van der Waals surface area contributed by atoms with Gasteiger partial charge in [0.1, 0.15) is 6.04 Å². The summed E-state index contributed by atoms with van der Waals surface area (Å²) >= 11 is 0. The fourth-order valence-electron chi connectivity index (χ4n) is 2.84. The number of carbonyl (C=O) groups excluding carboxylic acids is 1. The van der Waals surface area contributed by atoms with Gasteiger partial charge in [0.25, 0.3) is 0 Å². The van der Waals surface area contributed by atoms with Gasteiger partial charge in [0.15, 0.2) is 0 Å². The Morgan fingerprint density at radius 2 is 2.17 bits per heavy atom. The van der Waals surface area contributed by atoms with E-state index in [0.717, 1.165) is 42.8 Å². The number of nitrogens with two attached hydrogens (primary N) is 1. The minimum absolute atomic E-state index is 0.174. The van der Waals surface area contributed by atoms with Crippen molar-refractivity contribution in [2.75, 3.05) is 50.2 Å². The van der Waals surface area contributed by atoms with Crippen LogP contribution in [0.1, 0.15) is 0 Å². The second-order valence-corrected chi connectivity index (χ2v) is 5.70. The number of anilines is 2. The van der Waals surface area contributed by atoms with Crippen LogP contribution in [0, 0.1) is 0 Å². The van der Waals surface area contributed by atoms with Crippen molar-refractivity contribution in [3.8, 4) is 0 Å². The smallest absolute Gasteiger partial charge is 0.243 e. The molecule has 1 amide bonds. The van der Waals surface area contributed by atoms with Crippen molar-refractivity contribution in [1.29, 1.82) is 0 Å². The fraction of sp³-hybridized carbons (Fsp3) is 0.412. The van der Waals surface area contributed by atoms with Crippen LogP contribution in [0.3, 0.4) is 0 Å². The number of morpholine rings is 1. The van der Waals surface area contributed by atoms with E-state index in [-0.39, 0.29) is 12.5 Å². The zero-order valence-electron chi connectivity index (χ0n) is 13.7. The molecule has 1 aliphatic heterocycles. The summed E-state index contributed by atoms with van der Waals surface area (Å²) in [4.78, 5) is 18.7. The number of pyridine rings is 1. The maximum Gasteiger partial charge on any atom is 0.243 e. The van der Waals surface area contributed by atoms with Crippen molar-refractivity contribution in [3.05, 3.63) is 30.6 Å². The first-order chi connectivity index (χ1) is 11.7. The Balaban J connectivity index is 1.92. The Bertz CT molecular complexity index is 716. The van der Waals surface area contributed by atoms with Gasteiger partial charge in [-0.05, 0) is 18.2 Å². The quantitative estimate of drug-likeness (QED) is 0.849. The molecule has 1 aliphatic rings. The number of rotatable bonds is 5. The second-order valence-electron chi connectivity index (χ2n) is 5.70. The fourth-order valence-corrected chi connectivity index (χ4v) is 2.84. The molecule has 1 saturated heterocycles. The standard InChI is InChI=1S/C17H22N4O3/c1-23-11-14(18)17(22)20-15-2-3-16(21-6-8-24-9-7-21)12-4-5-19-10-13(12)15/h2-5,10,14H,6-9,11,18H2,1H3,(H,20,22). The third-order valence-corrected chi connectivity index (χ3v) is 4.09. The van der Waals surface area contributed by atoms with E-state index in [1.54, 1.807) is 12.4 Å². The Labute approximate surface area is 140 Å². The average Bonchev–Trinajstić information content (AvgIpc) is 2.63. The van der Waals surface area contributed by atoms with E-state index in [4.69, 9.17) is 15.2 Å². The SMILES string of the molecule is COCC(N)C(=O)Nc1ccc(N2CCOCC2)c2ccncc12. The summed E-state index contributed by atoms with van der Waals surface area (Å²) in [7, 11) is 1.52. The third kappa shape index (κ3) is 3.48. The Morgan fingerprint density at radius 1 is 1.38 bits per heavy atom. The summed E-state index contributed by atoms with van der Waals surface area (Å²) in [6.07, 6.45) is 3.52. The molecule has 3 rings (SSSR count). The van der Waals surface area contributed by atoms with Crippen LogP contribution in [-0.4, -0.2) is 57.0 Å². The molecule has 2 aromatic rings. The number of methoxy groups -OCH3 is 1. The second kappa shape index (κ2) is 7.57. The summed E-state index contributed by atoms with van der Waals surface area (Å²) in [5.41, 5.74) is 7.61. The van der Waals surface area contributed by atoms with Gasteiger partial charge in [0.05, 0.1) is 25.5 Å². The Morgan fingerprint density at radius 3 is 2.92 bits per heavy atom. The van der Waals surface area contributed by atoms with Crippen LogP contribution in [0.5, 0.6) is 0 Å². The predicted molar refractivity (Wildman–Crippen MR) is 93.3 cm³/mol.